The normalized spacial score (nSPS) is 17.8. The monoisotopic (exact) mass is 325 g/mol. The van der Waals surface area contributed by atoms with Crippen LogP contribution in [0, 0.1) is 22.7 Å². The van der Waals surface area contributed by atoms with E-state index in [2.05, 4.69) is 10.6 Å². The number of hydrogen-bond acceptors (Lipinski definition) is 5. The van der Waals surface area contributed by atoms with Crippen LogP contribution >= 0.6 is 0 Å². The van der Waals surface area contributed by atoms with E-state index in [-0.39, 0.29) is 25.3 Å². The fourth-order valence-corrected chi connectivity index (χ4v) is 2.38. The second kappa shape index (κ2) is 8.48. The lowest BCUT2D eigenvalue weighted by atomic mass is 9.81. The van der Waals surface area contributed by atoms with Gasteiger partial charge in [-0.3, -0.25) is 9.59 Å². The molecule has 0 aromatic carbocycles. The number of aliphatic carboxylic acids is 1. The fourth-order valence-electron chi connectivity index (χ4n) is 2.38. The number of nitrogens with one attached hydrogen (secondary N) is 2. The van der Waals surface area contributed by atoms with E-state index in [1.54, 1.807) is 0 Å². The quantitative estimate of drug-likeness (QED) is 0.606. The molecule has 1 atom stereocenters. The van der Waals surface area contributed by atoms with Crippen LogP contribution in [-0.2, 0) is 19.1 Å². The van der Waals surface area contributed by atoms with Gasteiger partial charge >= 0.3 is 5.97 Å². The first kappa shape index (κ1) is 18.9. The molecule has 23 heavy (non-hydrogen) atoms. The van der Waals surface area contributed by atoms with E-state index < -0.39 is 29.2 Å². The number of rotatable bonds is 7. The van der Waals surface area contributed by atoms with Gasteiger partial charge in [0, 0.05) is 13.2 Å². The largest absolute Gasteiger partial charge is 0.480 e. The number of amides is 2. The van der Waals surface area contributed by atoms with Gasteiger partial charge in [-0.2, -0.15) is 5.26 Å². The lowest BCUT2D eigenvalue weighted by Gasteiger charge is -2.29. The predicted molar refractivity (Wildman–Crippen MR) is 80.1 cm³/mol. The molecule has 1 heterocycles. The molecular weight excluding hydrogens is 302 g/mol. The van der Waals surface area contributed by atoms with Gasteiger partial charge in [0.1, 0.15) is 11.5 Å². The van der Waals surface area contributed by atoms with Crippen LogP contribution in [0.4, 0.5) is 0 Å². The summed E-state index contributed by atoms with van der Waals surface area (Å²) in [4.78, 5) is 35.1. The Hall–Kier alpha value is -2.14. The maximum absolute atomic E-state index is 12.2. The third kappa shape index (κ3) is 5.53. The Morgan fingerprint density at radius 2 is 1.91 bits per heavy atom. The van der Waals surface area contributed by atoms with Gasteiger partial charge in [0.2, 0.25) is 11.8 Å². The molecule has 1 aliphatic heterocycles. The third-order valence-electron chi connectivity index (χ3n) is 3.74. The minimum atomic E-state index is -1.18. The van der Waals surface area contributed by atoms with Gasteiger partial charge in [-0.15, -0.1) is 0 Å². The van der Waals surface area contributed by atoms with Crippen molar-refractivity contribution in [2.45, 2.75) is 39.2 Å². The summed E-state index contributed by atoms with van der Waals surface area (Å²) in [6.45, 7) is 3.99. The molecular formula is C15H23N3O5. The molecule has 0 unspecified atom stereocenters. The Morgan fingerprint density at radius 3 is 2.39 bits per heavy atom. The summed E-state index contributed by atoms with van der Waals surface area (Å²) < 4.78 is 5.14. The lowest BCUT2D eigenvalue weighted by Crippen LogP contribution is -2.49. The summed E-state index contributed by atoms with van der Waals surface area (Å²) in [5.41, 5.74) is -1.18. The molecule has 8 nitrogen and oxygen atoms in total. The van der Waals surface area contributed by atoms with Gasteiger partial charge in [0.15, 0.2) is 0 Å². The highest BCUT2D eigenvalue weighted by Crippen LogP contribution is 2.29. The minimum Gasteiger partial charge on any atom is -0.480 e. The van der Waals surface area contributed by atoms with Crippen molar-refractivity contribution in [3.05, 3.63) is 0 Å². The maximum Gasteiger partial charge on any atom is 0.326 e. The zero-order chi connectivity index (χ0) is 17.5. The molecule has 0 aromatic heterocycles. The van der Waals surface area contributed by atoms with E-state index in [9.17, 15) is 19.6 Å². The summed E-state index contributed by atoms with van der Waals surface area (Å²) >= 11 is 0. The van der Waals surface area contributed by atoms with Crippen LogP contribution in [0.2, 0.25) is 0 Å². The molecule has 128 valence electrons. The molecule has 0 radical (unpaired) electrons. The highest BCUT2D eigenvalue weighted by Gasteiger charge is 2.40. The molecule has 1 aliphatic rings. The van der Waals surface area contributed by atoms with Crippen molar-refractivity contribution >= 4 is 17.8 Å². The van der Waals surface area contributed by atoms with Gasteiger partial charge in [-0.1, -0.05) is 13.8 Å². The number of carboxylic acid groups (broad SMARTS) is 1. The number of carbonyl (C=O) groups excluding carboxylic acids is 2. The summed E-state index contributed by atoms with van der Waals surface area (Å²) in [6, 6.07) is 1.02. The first-order valence-electron chi connectivity index (χ1n) is 7.60. The minimum absolute atomic E-state index is 0.107. The molecule has 2 amide bonds. The van der Waals surface area contributed by atoms with E-state index in [0.29, 0.717) is 19.6 Å². The number of nitriles is 1. The Bertz CT molecular complexity index is 492. The number of nitrogens with zero attached hydrogens (tertiary/aromatic N) is 1. The van der Waals surface area contributed by atoms with Crippen molar-refractivity contribution < 1.29 is 24.2 Å². The molecule has 1 rings (SSSR count). The summed E-state index contributed by atoms with van der Waals surface area (Å²) in [7, 11) is 0. The Morgan fingerprint density at radius 1 is 1.30 bits per heavy atom. The molecule has 3 N–H and O–H groups in total. The smallest absolute Gasteiger partial charge is 0.326 e. The Labute approximate surface area is 135 Å². The first-order chi connectivity index (χ1) is 10.8. The van der Waals surface area contributed by atoms with Crippen molar-refractivity contribution in [3.63, 3.8) is 0 Å². The highest BCUT2D eigenvalue weighted by atomic mass is 16.5. The zero-order valence-electron chi connectivity index (χ0n) is 13.4. The first-order valence-corrected chi connectivity index (χ1v) is 7.60. The highest BCUT2D eigenvalue weighted by molar-refractivity contribution is 5.91. The van der Waals surface area contributed by atoms with Crippen LogP contribution in [0.25, 0.3) is 0 Å². The third-order valence-corrected chi connectivity index (χ3v) is 3.74. The molecule has 0 spiro atoms. The number of hydrogen-bond donors (Lipinski definition) is 3. The maximum atomic E-state index is 12.2. The fraction of sp³-hybridized carbons (Fsp3) is 0.733. The zero-order valence-corrected chi connectivity index (χ0v) is 13.4. The predicted octanol–water partition coefficient (Wildman–Crippen LogP) is 0.0385. The second-order valence-corrected chi connectivity index (χ2v) is 6.08. The molecule has 1 fully saturated rings. The average molecular weight is 325 g/mol. The van der Waals surface area contributed by atoms with E-state index >= 15 is 0 Å². The number of carboxylic acids is 1. The van der Waals surface area contributed by atoms with Crippen LogP contribution in [-0.4, -0.2) is 48.7 Å². The van der Waals surface area contributed by atoms with E-state index in [1.807, 2.05) is 19.9 Å². The SMILES string of the molecule is CC(C)C[C@H](NC(=O)CNC(=O)C1(C#N)CCOCC1)C(=O)O. The standard InChI is InChI=1S/C15H23N3O5/c1-10(2)7-11(13(20)21)18-12(19)8-17-14(22)15(9-16)3-5-23-6-4-15/h10-11H,3-8H2,1-2H3,(H,17,22)(H,18,19)(H,20,21)/t11-/m0/s1. The van der Waals surface area contributed by atoms with Crippen LogP contribution < -0.4 is 10.6 Å². The van der Waals surface area contributed by atoms with Crippen LogP contribution in [0.3, 0.4) is 0 Å². The van der Waals surface area contributed by atoms with Crippen molar-refractivity contribution in [1.82, 2.24) is 10.6 Å². The lowest BCUT2D eigenvalue weighted by molar-refractivity contribution is -0.142. The summed E-state index contributed by atoms with van der Waals surface area (Å²) in [5, 5.41) is 23.1. The molecule has 0 aliphatic carbocycles. The van der Waals surface area contributed by atoms with Crippen LogP contribution in [0.5, 0.6) is 0 Å². The van der Waals surface area contributed by atoms with Gasteiger partial charge in [-0.05, 0) is 25.2 Å². The van der Waals surface area contributed by atoms with Gasteiger partial charge in [0.25, 0.3) is 0 Å². The van der Waals surface area contributed by atoms with E-state index in [0.717, 1.165) is 0 Å². The summed E-state index contributed by atoms with van der Waals surface area (Å²) in [5.74, 6) is -2.12. The van der Waals surface area contributed by atoms with Gasteiger partial charge < -0.3 is 20.5 Å². The van der Waals surface area contributed by atoms with E-state index in [4.69, 9.17) is 9.84 Å². The molecule has 1 saturated heterocycles. The topological polar surface area (TPSA) is 129 Å². The van der Waals surface area contributed by atoms with Gasteiger partial charge in [-0.25, -0.2) is 4.79 Å². The second-order valence-electron chi connectivity index (χ2n) is 6.08. The number of carbonyl (C=O) groups is 3. The van der Waals surface area contributed by atoms with Crippen LogP contribution in [0.15, 0.2) is 0 Å². The van der Waals surface area contributed by atoms with Crippen molar-refractivity contribution in [3.8, 4) is 6.07 Å². The molecule has 0 saturated carbocycles. The van der Waals surface area contributed by atoms with Crippen molar-refractivity contribution in [2.75, 3.05) is 19.8 Å². The van der Waals surface area contributed by atoms with Gasteiger partial charge in [0.05, 0.1) is 12.6 Å². The molecule has 8 heteroatoms. The summed E-state index contributed by atoms with van der Waals surface area (Å²) in [6.07, 6.45) is 0.860. The Kier molecular flexibility index (Phi) is 6.97. The van der Waals surface area contributed by atoms with Crippen molar-refractivity contribution in [1.29, 1.82) is 5.26 Å². The van der Waals surface area contributed by atoms with E-state index in [1.165, 1.54) is 0 Å². The Balaban J connectivity index is 2.53. The average Bonchev–Trinajstić information content (AvgIpc) is 2.52. The molecule has 0 aromatic rings. The van der Waals surface area contributed by atoms with Crippen molar-refractivity contribution in [2.24, 2.45) is 11.3 Å². The number of ether oxygens (including phenoxy) is 1. The molecule has 0 bridgehead atoms. The van der Waals surface area contributed by atoms with Crippen LogP contribution in [0.1, 0.15) is 33.1 Å².